The molecular weight excluding hydrogens is 461 g/mol. The summed E-state index contributed by atoms with van der Waals surface area (Å²) in [4.78, 5) is 12.4. The van der Waals surface area contributed by atoms with E-state index in [-0.39, 0.29) is 21.9 Å². The molecule has 0 spiro atoms. The van der Waals surface area contributed by atoms with Gasteiger partial charge in [-0.15, -0.1) is 0 Å². The lowest BCUT2D eigenvalue weighted by Crippen LogP contribution is -2.15. The Labute approximate surface area is 188 Å². The highest BCUT2D eigenvalue weighted by molar-refractivity contribution is 7.92. The van der Waals surface area contributed by atoms with Crippen molar-refractivity contribution in [2.45, 2.75) is 11.1 Å². The number of rotatable bonds is 7. The van der Waals surface area contributed by atoms with Crippen molar-refractivity contribution >= 4 is 27.3 Å². The third-order valence-corrected chi connectivity index (χ3v) is 5.91. The maximum Gasteiger partial charge on any atom is 0.416 e. The average molecular weight is 480 g/mol. The van der Waals surface area contributed by atoms with Crippen LogP contribution in [-0.4, -0.2) is 28.5 Å². The molecule has 0 atom stereocenters. The second-order valence-electron chi connectivity index (χ2n) is 6.70. The summed E-state index contributed by atoms with van der Waals surface area (Å²) in [7, 11) is -1.33. The van der Waals surface area contributed by atoms with Crippen LogP contribution in [0.2, 0.25) is 0 Å². The van der Waals surface area contributed by atoms with Crippen molar-refractivity contribution < 1.29 is 35.9 Å². The molecule has 174 valence electrons. The van der Waals surface area contributed by atoms with E-state index in [1.54, 1.807) is 12.1 Å². The first-order valence-electron chi connectivity index (χ1n) is 9.37. The van der Waals surface area contributed by atoms with Crippen molar-refractivity contribution in [3.05, 3.63) is 77.9 Å². The number of alkyl halides is 3. The zero-order valence-electron chi connectivity index (χ0n) is 17.4. The molecule has 0 unspecified atom stereocenters. The first kappa shape index (κ1) is 23.9. The predicted octanol–water partition coefficient (Wildman–Crippen LogP) is 4.78. The third-order valence-electron chi connectivity index (χ3n) is 4.51. The molecule has 2 N–H and O–H groups in total. The molecule has 0 aliphatic heterocycles. The zero-order valence-corrected chi connectivity index (χ0v) is 18.3. The lowest BCUT2D eigenvalue weighted by Gasteiger charge is -2.13. The summed E-state index contributed by atoms with van der Waals surface area (Å²) in [6, 6.07) is 13.8. The largest absolute Gasteiger partial charge is 0.493 e. The summed E-state index contributed by atoms with van der Waals surface area (Å²) in [6.45, 7) is 0. The second-order valence-corrected chi connectivity index (χ2v) is 8.39. The van der Waals surface area contributed by atoms with Crippen LogP contribution in [-0.2, 0) is 16.2 Å². The van der Waals surface area contributed by atoms with Crippen molar-refractivity contribution in [1.82, 2.24) is 0 Å². The minimum absolute atomic E-state index is 0.197. The number of carbonyl (C=O) groups is 1. The molecule has 0 fully saturated rings. The maximum atomic E-state index is 12.9. The Morgan fingerprint density at radius 1 is 0.879 bits per heavy atom. The van der Waals surface area contributed by atoms with Crippen molar-refractivity contribution in [2.75, 3.05) is 24.3 Å². The van der Waals surface area contributed by atoms with Gasteiger partial charge in [-0.25, -0.2) is 8.42 Å². The Hall–Kier alpha value is -3.73. The van der Waals surface area contributed by atoms with E-state index in [1.807, 2.05) is 0 Å². The average Bonchev–Trinajstić information content (AvgIpc) is 2.78. The van der Waals surface area contributed by atoms with Gasteiger partial charge in [0.05, 0.1) is 30.2 Å². The maximum absolute atomic E-state index is 12.9. The Morgan fingerprint density at radius 3 is 2.15 bits per heavy atom. The van der Waals surface area contributed by atoms with Crippen LogP contribution in [0, 0.1) is 0 Å². The van der Waals surface area contributed by atoms with E-state index in [1.165, 1.54) is 50.6 Å². The van der Waals surface area contributed by atoms with Crippen molar-refractivity contribution in [1.29, 1.82) is 0 Å². The van der Waals surface area contributed by atoms with Gasteiger partial charge in [0.1, 0.15) is 0 Å². The summed E-state index contributed by atoms with van der Waals surface area (Å²) in [5.41, 5.74) is -0.705. The topological polar surface area (TPSA) is 93.7 Å². The zero-order chi connectivity index (χ0) is 24.2. The lowest BCUT2D eigenvalue weighted by atomic mass is 10.1. The van der Waals surface area contributed by atoms with Gasteiger partial charge >= 0.3 is 6.18 Å². The normalized spacial score (nSPS) is 11.5. The number of amides is 1. The SMILES string of the molecule is COc1cccc(C(=O)Nc2ccc(S(=O)(=O)Nc3cccc(C(F)(F)F)c3)cc2)c1OC. The van der Waals surface area contributed by atoms with Gasteiger partial charge in [0.25, 0.3) is 15.9 Å². The smallest absolute Gasteiger partial charge is 0.416 e. The van der Waals surface area contributed by atoms with Gasteiger partial charge < -0.3 is 14.8 Å². The van der Waals surface area contributed by atoms with Crippen LogP contribution in [0.15, 0.2) is 71.6 Å². The number of sulfonamides is 1. The van der Waals surface area contributed by atoms with Gasteiger partial charge in [0, 0.05) is 11.4 Å². The molecule has 7 nitrogen and oxygen atoms in total. The summed E-state index contributed by atoms with van der Waals surface area (Å²) in [6.07, 6.45) is -4.60. The van der Waals surface area contributed by atoms with Gasteiger partial charge in [-0.3, -0.25) is 9.52 Å². The van der Waals surface area contributed by atoms with Gasteiger partial charge in [0.2, 0.25) is 0 Å². The van der Waals surface area contributed by atoms with Gasteiger partial charge in [0.15, 0.2) is 11.5 Å². The Bertz CT molecular complexity index is 1260. The number of hydrogen-bond acceptors (Lipinski definition) is 5. The van der Waals surface area contributed by atoms with Crippen molar-refractivity contribution in [3.8, 4) is 11.5 Å². The van der Waals surface area contributed by atoms with E-state index in [9.17, 15) is 26.4 Å². The van der Waals surface area contributed by atoms with Gasteiger partial charge in [-0.2, -0.15) is 13.2 Å². The van der Waals surface area contributed by atoms with Crippen LogP contribution < -0.4 is 19.5 Å². The van der Waals surface area contributed by atoms with Crippen LogP contribution >= 0.6 is 0 Å². The Balaban J connectivity index is 1.77. The van der Waals surface area contributed by atoms with E-state index >= 15 is 0 Å². The molecule has 0 saturated carbocycles. The molecular formula is C22H19F3N2O5S. The summed E-state index contributed by atoms with van der Waals surface area (Å²) in [5, 5.41) is 2.62. The predicted molar refractivity (Wildman–Crippen MR) is 116 cm³/mol. The molecule has 33 heavy (non-hydrogen) atoms. The fourth-order valence-corrected chi connectivity index (χ4v) is 4.00. The van der Waals surface area contributed by atoms with E-state index < -0.39 is 27.7 Å². The highest BCUT2D eigenvalue weighted by atomic mass is 32.2. The molecule has 0 aliphatic rings. The van der Waals surface area contributed by atoms with E-state index in [0.29, 0.717) is 17.5 Å². The fourth-order valence-electron chi connectivity index (χ4n) is 2.95. The van der Waals surface area contributed by atoms with Crippen LogP contribution in [0.3, 0.4) is 0 Å². The van der Waals surface area contributed by atoms with Crippen LogP contribution in [0.4, 0.5) is 24.5 Å². The number of ether oxygens (including phenoxy) is 2. The molecule has 0 radical (unpaired) electrons. The van der Waals surface area contributed by atoms with Gasteiger partial charge in [-0.1, -0.05) is 12.1 Å². The molecule has 0 heterocycles. The van der Waals surface area contributed by atoms with Gasteiger partial charge in [-0.05, 0) is 54.6 Å². The molecule has 3 rings (SSSR count). The molecule has 3 aromatic rings. The van der Waals surface area contributed by atoms with Crippen molar-refractivity contribution in [2.24, 2.45) is 0 Å². The number of benzene rings is 3. The minimum atomic E-state index is -4.60. The standard InChI is InChI=1S/C22H19F3N2O5S/c1-31-19-8-4-7-18(20(19)32-2)21(28)26-15-9-11-17(12-10-15)33(29,30)27-16-6-3-5-14(13-16)22(23,24)25/h3-13,27H,1-2H3,(H,26,28). The van der Waals surface area contributed by atoms with Crippen LogP contribution in [0.5, 0.6) is 11.5 Å². The first-order chi connectivity index (χ1) is 15.5. The third kappa shape index (κ3) is 5.55. The summed E-state index contributed by atoms with van der Waals surface area (Å²) in [5.74, 6) is 0.0951. The number of nitrogens with one attached hydrogen (secondary N) is 2. The lowest BCUT2D eigenvalue weighted by molar-refractivity contribution is -0.137. The summed E-state index contributed by atoms with van der Waals surface area (Å²) >= 11 is 0. The van der Waals surface area contributed by atoms with Crippen LogP contribution in [0.25, 0.3) is 0 Å². The van der Waals surface area contributed by atoms with Crippen molar-refractivity contribution in [3.63, 3.8) is 0 Å². The number of anilines is 2. The number of halogens is 3. The number of para-hydroxylation sites is 1. The molecule has 3 aromatic carbocycles. The molecule has 0 bridgehead atoms. The highest BCUT2D eigenvalue weighted by Gasteiger charge is 2.30. The molecule has 0 aliphatic carbocycles. The number of methoxy groups -OCH3 is 2. The number of hydrogen-bond donors (Lipinski definition) is 2. The number of carbonyl (C=O) groups excluding carboxylic acids is 1. The fraction of sp³-hybridized carbons (Fsp3) is 0.136. The van der Waals surface area contributed by atoms with Crippen LogP contribution in [0.1, 0.15) is 15.9 Å². The summed E-state index contributed by atoms with van der Waals surface area (Å²) < 4.78 is 76.2. The monoisotopic (exact) mass is 480 g/mol. The van der Waals surface area contributed by atoms with E-state index in [4.69, 9.17) is 9.47 Å². The quantitative estimate of drug-likeness (QED) is 0.508. The molecule has 0 saturated heterocycles. The van der Waals surface area contributed by atoms with E-state index in [2.05, 4.69) is 10.0 Å². The molecule has 0 aromatic heterocycles. The van der Waals surface area contributed by atoms with E-state index in [0.717, 1.165) is 12.1 Å². The minimum Gasteiger partial charge on any atom is -0.493 e. The molecule has 1 amide bonds. The second kappa shape index (κ2) is 9.41. The Morgan fingerprint density at radius 2 is 1.55 bits per heavy atom. The first-order valence-corrected chi connectivity index (χ1v) is 10.9. The Kier molecular flexibility index (Phi) is 6.82. The molecule has 11 heteroatoms. The highest BCUT2D eigenvalue weighted by Crippen LogP contribution is 2.32.